The van der Waals surface area contributed by atoms with Gasteiger partial charge >= 0.3 is 0 Å². The van der Waals surface area contributed by atoms with Crippen molar-refractivity contribution >= 4 is 27.5 Å². The third-order valence-electron chi connectivity index (χ3n) is 6.61. The minimum absolute atomic E-state index is 0.0746. The highest BCUT2D eigenvalue weighted by Gasteiger charge is 2.35. The van der Waals surface area contributed by atoms with E-state index in [0.717, 1.165) is 15.4 Å². The summed E-state index contributed by atoms with van der Waals surface area (Å²) in [6.45, 7) is 10.8. The molecule has 1 atom stereocenters. The molecule has 0 fully saturated rings. The van der Waals surface area contributed by atoms with Gasteiger partial charge in [-0.2, -0.15) is 0 Å². The maximum Gasteiger partial charge on any atom is 0.264 e. The van der Waals surface area contributed by atoms with Crippen molar-refractivity contribution < 1.29 is 22.7 Å². The Morgan fingerprint density at radius 3 is 2.24 bits per heavy atom. The number of ether oxygens (including phenoxy) is 1. The Hall–Kier alpha value is -3.85. The summed E-state index contributed by atoms with van der Waals surface area (Å²) >= 11 is 0. The van der Waals surface area contributed by atoms with E-state index in [2.05, 4.69) is 5.32 Å². The lowest BCUT2D eigenvalue weighted by Gasteiger charge is -2.35. The number of benzene rings is 3. The van der Waals surface area contributed by atoms with Crippen LogP contribution in [0.4, 0.5) is 5.69 Å². The predicted molar refractivity (Wildman–Crippen MR) is 162 cm³/mol. The number of methoxy groups -OCH3 is 1. The van der Waals surface area contributed by atoms with Crippen LogP contribution in [0, 0.1) is 13.8 Å². The van der Waals surface area contributed by atoms with E-state index in [9.17, 15) is 18.0 Å². The summed E-state index contributed by atoms with van der Waals surface area (Å²) in [6, 6.07) is 20.0. The molecule has 3 aromatic carbocycles. The second-order valence-corrected chi connectivity index (χ2v) is 13.0. The van der Waals surface area contributed by atoms with Crippen molar-refractivity contribution in [1.82, 2.24) is 10.2 Å². The highest BCUT2D eigenvalue weighted by molar-refractivity contribution is 7.92. The van der Waals surface area contributed by atoms with Gasteiger partial charge in [0.15, 0.2) is 0 Å². The molecule has 0 saturated carbocycles. The summed E-state index contributed by atoms with van der Waals surface area (Å²) in [7, 11) is -2.56. The van der Waals surface area contributed by atoms with Crippen LogP contribution in [0.3, 0.4) is 0 Å². The smallest absolute Gasteiger partial charge is 0.264 e. The maximum absolute atomic E-state index is 14.2. The van der Waals surface area contributed by atoms with Crippen LogP contribution < -0.4 is 14.4 Å². The molecule has 9 heteroatoms. The largest absolute Gasteiger partial charge is 0.497 e. The average molecular weight is 580 g/mol. The summed E-state index contributed by atoms with van der Waals surface area (Å²) in [5.41, 5.74) is 2.21. The molecule has 0 aliphatic carbocycles. The van der Waals surface area contributed by atoms with Crippen LogP contribution in [0.15, 0.2) is 77.7 Å². The van der Waals surface area contributed by atoms with Gasteiger partial charge in [-0.3, -0.25) is 13.9 Å². The Balaban J connectivity index is 2.11. The van der Waals surface area contributed by atoms with E-state index >= 15 is 0 Å². The first kappa shape index (κ1) is 31.7. The van der Waals surface area contributed by atoms with E-state index in [1.54, 1.807) is 43.5 Å². The van der Waals surface area contributed by atoms with Gasteiger partial charge in [-0.05, 0) is 88.1 Å². The lowest BCUT2D eigenvalue weighted by Crippen LogP contribution is -2.55. The second-order valence-electron chi connectivity index (χ2n) is 11.2. The fourth-order valence-electron chi connectivity index (χ4n) is 4.56. The van der Waals surface area contributed by atoms with Crippen LogP contribution in [0.1, 0.15) is 50.8 Å². The molecule has 0 bridgehead atoms. The van der Waals surface area contributed by atoms with Crippen LogP contribution in [0.2, 0.25) is 0 Å². The number of carbonyl (C=O) groups excluding carboxylic acids is 2. The van der Waals surface area contributed by atoms with Gasteiger partial charge in [-0.1, -0.05) is 49.4 Å². The molecule has 3 rings (SSSR count). The highest BCUT2D eigenvalue weighted by atomic mass is 32.2. The third kappa shape index (κ3) is 8.10. The highest BCUT2D eigenvalue weighted by Crippen LogP contribution is 2.29. The van der Waals surface area contributed by atoms with Crippen LogP contribution in [0.25, 0.3) is 0 Å². The van der Waals surface area contributed by atoms with E-state index in [1.165, 1.54) is 17.0 Å². The van der Waals surface area contributed by atoms with Gasteiger partial charge in [0.2, 0.25) is 11.8 Å². The zero-order valence-electron chi connectivity index (χ0n) is 25.0. The Morgan fingerprint density at radius 2 is 1.63 bits per heavy atom. The van der Waals surface area contributed by atoms with Crippen molar-refractivity contribution in [3.63, 3.8) is 0 Å². The summed E-state index contributed by atoms with van der Waals surface area (Å²) in [4.78, 5) is 29.2. The fourth-order valence-corrected chi connectivity index (χ4v) is 6.05. The molecule has 0 saturated heterocycles. The van der Waals surface area contributed by atoms with Crippen molar-refractivity contribution in [2.75, 3.05) is 18.0 Å². The lowest BCUT2D eigenvalue weighted by atomic mass is 10.1. The SMILES string of the molecule is CCC(C(=O)NC(C)(C)C)N(Cc1cccc(OC)c1)C(=O)CN(c1cc(C)ccc1C)S(=O)(=O)c1ccccc1. The second kappa shape index (κ2) is 13.2. The van der Waals surface area contributed by atoms with Crippen LogP contribution in [0.5, 0.6) is 5.75 Å². The van der Waals surface area contributed by atoms with Gasteiger partial charge < -0.3 is 15.0 Å². The number of nitrogens with one attached hydrogen (secondary N) is 1. The number of sulfonamides is 1. The first-order valence-electron chi connectivity index (χ1n) is 13.7. The zero-order valence-corrected chi connectivity index (χ0v) is 25.8. The Bertz CT molecular complexity index is 1470. The fraction of sp³-hybridized carbons (Fsp3) is 0.375. The van der Waals surface area contributed by atoms with Crippen LogP contribution in [-0.2, 0) is 26.2 Å². The minimum atomic E-state index is -4.12. The molecule has 8 nitrogen and oxygen atoms in total. The van der Waals surface area contributed by atoms with Gasteiger partial charge in [-0.15, -0.1) is 0 Å². The first-order chi connectivity index (χ1) is 19.3. The van der Waals surface area contributed by atoms with Gasteiger partial charge in [0.25, 0.3) is 10.0 Å². The Kier molecular flexibility index (Phi) is 10.2. The van der Waals surface area contributed by atoms with Crippen molar-refractivity contribution in [2.45, 2.75) is 71.0 Å². The molecule has 41 heavy (non-hydrogen) atoms. The molecule has 0 radical (unpaired) electrons. The van der Waals surface area contributed by atoms with Crippen molar-refractivity contribution in [1.29, 1.82) is 0 Å². The van der Waals surface area contributed by atoms with E-state index < -0.39 is 34.1 Å². The number of amides is 2. The number of aryl methyl sites for hydroxylation is 2. The predicted octanol–water partition coefficient (Wildman–Crippen LogP) is 5.23. The monoisotopic (exact) mass is 579 g/mol. The zero-order chi connectivity index (χ0) is 30.4. The number of anilines is 1. The van der Waals surface area contributed by atoms with Crippen molar-refractivity contribution in [3.05, 3.63) is 89.5 Å². The van der Waals surface area contributed by atoms with E-state index in [-0.39, 0.29) is 17.3 Å². The van der Waals surface area contributed by atoms with E-state index in [1.807, 2.05) is 65.8 Å². The topological polar surface area (TPSA) is 96.0 Å². The number of nitrogens with zero attached hydrogens (tertiary/aromatic N) is 2. The summed E-state index contributed by atoms with van der Waals surface area (Å²) in [6.07, 6.45) is 0.340. The van der Waals surface area contributed by atoms with Gasteiger partial charge in [0.1, 0.15) is 18.3 Å². The molecule has 0 heterocycles. The van der Waals surface area contributed by atoms with Crippen LogP contribution >= 0.6 is 0 Å². The number of rotatable bonds is 11. The normalized spacial score (nSPS) is 12.4. The number of hydrogen-bond donors (Lipinski definition) is 1. The van der Waals surface area contributed by atoms with Crippen molar-refractivity contribution in [2.24, 2.45) is 0 Å². The lowest BCUT2D eigenvalue weighted by molar-refractivity contribution is -0.141. The third-order valence-corrected chi connectivity index (χ3v) is 8.39. The molecular weight excluding hydrogens is 538 g/mol. The molecule has 2 amide bonds. The molecule has 0 aliphatic rings. The van der Waals surface area contributed by atoms with Crippen molar-refractivity contribution in [3.8, 4) is 5.75 Å². The van der Waals surface area contributed by atoms with Gasteiger partial charge in [0.05, 0.1) is 17.7 Å². The van der Waals surface area contributed by atoms with Gasteiger partial charge in [-0.25, -0.2) is 8.42 Å². The Morgan fingerprint density at radius 1 is 0.951 bits per heavy atom. The van der Waals surface area contributed by atoms with E-state index in [4.69, 9.17) is 4.74 Å². The molecule has 0 aromatic heterocycles. The standard InChI is InChI=1S/C32H41N3O5S/c1-8-28(31(37)33-32(4,5)6)34(21-25-13-12-14-26(20-25)40-7)30(36)22-35(29-19-23(2)17-18-24(29)3)41(38,39)27-15-10-9-11-16-27/h9-20,28H,8,21-22H2,1-7H3,(H,33,37). The molecule has 220 valence electrons. The summed E-state index contributed by atoms with van der Waals surface area (Å²) < 4.78 is 34.6. The molecule has 1 N–H and O–H groups in total. The molecule has 0 spiro atoms. The molecule has 0 aliphatic heterocycles. The van der Waals surface area contributed by atoms with Gasteiger partial charge in [0, 0.05) is 12.1 Å². The Labute approximate surface area is 244 Å². The summed E-state index contributed by atoms with van der Waals surface area (Å²) in [5.74, 6) is -0.185. The molecular formula is C32H41N3O5S. The first-order valence-corrected chi connectivity index (χ1v) is 15.1. The van der Waals surface area contributed by atoms with E-state index in [0.29, 0.717) is 23.4 Å². The number of hydrogen-bond acceptors (Lipinski definition) is 5. The minimum Gasteiger partial charge on any atom is -0.497 e. The van der Waals surface area contributed by atoms with Crippen LogP contribution in [-0.4, -0.2) is 50.4 Å². The maximum atomic E-state index is 14.2. The molecule has 1 unspecified atom stereocenters. The molecule has 3 aromatic rings. The number of carbonyl (C=O) groups is 2. The summed E-state index contributed by atoms with van der Waals surface area (Å²) in [5, 5.41) is 2.98. The quantitative estimate of drug-likeness (QED) is 0.336. The average Bonchev–Trinajstić information content (AvgIpc) is 2.92.